The van der Waals surface area contributed by atoms with Crippen LogP contribution in [0.25, 0.3) is 0 Å². The number of aliphatic hydroxyl groups excluding tert-OH is 3. The van der Waals surface area contributed by atoms with Gasteiger partial charge in [0, 0.05) is 19.2 Å². The molecule has 4 heteroatoms. The van der Waals surface area contributed by atoms with Crippen LogP contribution >= 0.6 is 0 Å². The van der Waals surface area contributed by atoms with E-state index in [1.54, 1.807) is 0 Å². The maximum atomic E-state index is 10.7. The van der Waals surface area contributed by atoms with Gasteiger partial charge in [0.05, 0.1) is 13.2 Å². The maximum absolute atomic E-state index is 10.7. The standard InChI is InChI=1S/C32H55NO3/c1-21(19-35)22-9-14-32(20-36)16-15-30(5)23(27(22)32)7-8-25-29(4)12-11-26(33-17-18-34)28(2,3)24(29)10-13-31(25,30)6/h22-27,33-36H,1,7-20H2,2-6H3/t22-,23+,24-,25+,26?,27+,29-,30+,31+,32+/m0/s1. The summed E-state index contributed by atoms with van der Waals surface area (Å²) in [5, 5.41) is 33.9. The van der Waals surface area contributed by atoms with Gasteiger partial charge in [0.25, 0.3) is 0 Å². The molecule has 5 saturated carbocycles. The van der Waals surface area contributed by atoms with Gasteiger partial charge in [0.2, 0.25) is 0 Å². The van der Waals surface area contributed by atoms with E-state index in [1.807, 2.05) is 0 Å². The van der Waals surface area contributed by atoms with Crippen molar-refractivity contribution in [3.05, 3.63) is 12.2 Å². The molecule has 0 amide bonds. The Labute approximate surface area is 220 Å². The SMILES string of the molecule is C=C(CO)[C@@H]1CC[C@]2(CO)CC[C@]3(C)[C@H](CC[C@@H]4[C@@]5(C)CCC(NCCO)C(C)(C)[C@@H]5CC[C@]43C)[C@@H]12. The summed E-state index contributed by atoms with van der Waals surface area (Å²) >= 11 is 0. The molecule has 36 heavy (non-hydrogen) atoms. The number of fused-ring (bicyclic) bond motifs is 7. The van der Waals surface area contributed by atoms with Crippen LogP contribution in [0, 0.1) is 56.7 Å². The quantitative estimate of drug-likeness (QED) is 0.360. The Hall–Kier alpha value is -0.420. The second kappa shape index (κ2) is 9.07. The van der Waals surface area contributed by atoms with Gasteiger partial charge < -0.3 is 20.6 Å². The van der Waals surface area contributed by atoms with Crippen molar-refractivity contribution in [2.45, 2.75) is 105 Å². The predicted octanol–water partition coefficient (Wildman–Crippen LogP) is 5.56. The lowest BCUT2D eigenvalue weighted by Crippen LogP contribution is -2.67. The lowest BCUT2D eigenvalue weighted by atomic mass is 9.32. The van der Waals surface area contributed by atoms with Crippen LogP contribution in [0.5, 0.6) is 0 Å². The molecule has 4 N–H and O–H groups in total. The van der Waals surface area contributed by atoms with Gasteiger partial charge in [-0.25, -0.2) is 0 Å². The van der Waals surface area contributed by atoms with Crippen LogP contribution in [0.15, 0.2) is 12.2 Å². The average Bonchev–Trinajstić information content (AvgIpc) is 3.23. The lowest BCUT2D eigenvalue weighted by Gasteiger charge is -2.73. The Morgan fingerprint density at radius 1 is 0.806 bits per heavy atom. The number of aliphatic hydroxyl groups is 3. The average molecular weight is 502 g/mol. The topological polar surface area (TPSA) is 72.7 Å². The Balaban J connectivity index is 1.49. The summed E-state index contributed by atoms with van der Waals surface area (Å²) in [5.74, 6) is 2.91. The van der Waals surface area contributed by atoms with Gasteiger partial charge >= 0.3 is 0 Å². The Kier molecular flexibility index (Phi) is 6.84. The van der Waals surface area contributed by atoms with Crippen molar-refractivity contribution in [1.29, 1.82) is 0 Å². The molecule has 4 nitrogen and oxygen atoms in total. The Morgan fingerprint density at radius 2 is 1.56 bits per heavy atom. The van der Waals surface area contributed by atoms with E-state index in [9.17, 15) is 15.3 Å². The molecule has 0 aromatic heterocycles. The highest BCUT2D eigenvalue weighted by molar-refractivity contribution is 5.22. The van der Waals surface area contributed by atoms with Crippen molar-refractivity contribution in [2.24, 2.45) is 56.7 Å². The molecule has 0 saturated heterocycles. The summed E-state index contributed by atoms with van der Waals surface area (Å²) in [7, 11) is 0. The monoisotopic (exact) mass is 501 g/mol. The summed E-state index contributed by atoms with van der Waals surface area (Å²) < 4.78 is 0. The third-order valence-corrected chi connectivity index (χ3v) is 14.2. The highest BCUT2D eigenvalue weighted by atomic mass is 16.3. The van der Waals surface area contributed by atoms with Gasteiger partial charge in [-0.05, 0) is 126 Å². The van der Waals surface area contributed by atoms with E-state index in [0.29, 0.717) is 53.7 Å². The van der Waals surface area contributed by atoms with Crippen LogP contribution in [-0.4, -0.2) is 47.7 Å². The highest BCUT2D eigenvalue weighted by Gasteiger charge is 2.70. The minimum absolute atomic E-state index is 0.0374. The number of rotatable bonds is 6. The molecule has 5 fully saturated rings. The minimum Gasteiger partial charge on any atom is -0.396 e. The predicted molar refractivity (Wildman–Crippen MR) is 146 cm³/mol. The molecule has 5 rings (SSSR count). The zero-order chi connectivity index (χ0) is 26.1. The first-order valence-corrected chi connectivity index (χ1v) is 15.2. The second-order valence-corrected chi connectivity index (χ2v) is 15.3. The van der Waals surface area contributed by atoms with Crippen LogP contribution in [-0.2, 0) is 0 Å². The summed E-state index contributed by atoms with van der Waals surface area (Å²) in [4.78, 5) is 0. The van der Waals surface area contributed by atoms with Crippen LogP contribution in [0.3, 0.4) is 0 Å². The molecule has 0 aromatic carbocycles. The fraction of sp³-hybridized carbons (Fsp3) is 0.938. The van der Waals surface area contributed by atoms with Gasteiger partial charge in [-0.3, -0.25) is 0 Å². The van der Waals surface area contributed by atoms with Crippen molar-refractivity contribution < 1.29 is 15.3 Å². The first-order valence-electron chi connectivity index (χ1n) is 15.2. The lowest BCUT2D eigenvalue weighted by molar-refractivity contribution is -0.241. The fourth-order valence-electron chi connectivity index (χ4n) is 12.2. The van der Waals surface area contributed by atoms with Gasteiger partial charge in [0.1, 0.15) is 0 Å². The van der Waals surface area contributed by atoms with E-state index in [4.69, 9.17) is 0 Å². The molecule has 10 atom stereocenters. The molecule has 0 heterocycles. The number of hydrogen-bond acceptors (Lipinski definition) is 4. The first kappa shape index (κ1) is 27.2. The van der Waals surface area contributed by atoms with Crippen LogP contribution in [0.2, 0.25) is 0 Å². The van der Waals surface area contributed by atoms with Crippen LogP contribution in [0.1, 0.15) is 98.8 Å². The largest absolute Gasteiger partial charge is 0.396 e. The molecular formula is C32H55NO3. The minimum atomic E-state index is 0.0374. The zero-order valence-corrected chi connectivity index (χ0v) is 23.9. The third-order valence-electron chi connectivity index (χ3n) is 14.2. The molecule has 0 aromatic rings. The summed E-state index contributed by atoms with van der Waals surface area (Å²) in [5.41, 5.74) is 2.24. The van der Waals surface area contributed by atoms with Crippen molar-refractivity contribution in [2.75, 3.05) is 26.4 Å². The van der Waals surface area contributed by atoms with Crippen molar-refractivity contribution in [3.8, 4) is 0 Å². The van der Waals surface area contributed by atoms with Gasteiger partial charge in [-0.15, -0.1) is 0 Å². The molecule has 206 valence electrons. The normalized spacial score (nSPS) is 51.6. The molecular weight excluding hydrogens is 446 g/mol. The maximum Gasteiger partial charge on any atom is 0.0641 e. The smallest absolute Gasteiger partial charge is 0.0641 e. The van der Waals surface area contributed by atoms with E-state index in [0.717, 1.165) is 30.8 Å². The summed E-state index contributed by atoms with van der Waals surface area (Å²) in [6.45, 7) is 18.6. The number of nitrogens with one attached hydrogen (secondary N) is 1. The van der Waals surface area contributed by atoms with E-state index < -0.39 is 0 Å². The third kappa shape index (κ3) is 3.45. The number of hydrogen-bond donors (Lipinski definition) is 4. The molecule has 0 spiro atoms. The Morgan fingerprint density at radius 3 is 2.22 bits per heavy atom. The van der Waals surface area contributed by atoms with Crippen molar-refractivity contribution in [1.82, 2.24) is 5.32 Å². The van der Waals surface area contributed by atoms with Gasteiger partial charge in [0.15, 0.2) is 0 Å². The molecule has 5 aliphatic carbocycles. The second-order valence-electron chi connectivity index (χ2n) is 15.3. The fourth-order valence-corrected chi connectivity index (χ4v) is 12.2. The van der Waals surface area contributed by atoms with Crippen LogP contribution < -0.4 is 5.32 Å². The zero-order valence-electron chi connectivity index (χ0n) is 23.9. The van der Waals surface area contributed by atoms with E-state index in [1.165, 1.54) is 44.9 Å². The van der Waals surface area contributed by atoms with Gasteiger partial charge in [-0.1, -0.05) is 41.2 Å². The van der Waals surface area contributed by atoms with Crippen molar-refractivity contribution in [3.63, 3.8) is 0 Å². The molecule has 0 aliphatic heterocycles. The molecule has 5 aliphatic rings. The molecule has 0 bridgehead atoms. The molecule has 0 radical (unpaired) electrons. The highest BCUT2D eigenvalue weighted by Crippen LogP contribution is 2.77. The van der Waals surface area contributed by atoms with E-state index >= 15 is 0 Å². The summed E-state index contributed by atoms with van der Waals surface area (Å²) in [6.07, 6.45) is 12.3. The van der Waals surface area contributed by atoms with Gasteiger partial charge in [-0.2, -0.15) is 0 Å². The van der Waals surface area contributed by atoms with E-state index in [2.05, 4.69) is 46.5 Å². The van der Waals surface area contributed by atoms with Crippen LogP contribution in [0.4, 0.5) is 0 Å². The summed E-state index contributed by atoms with van der Waals surface area (Å²) in [6, 6.07) is 0.489. The first-order chi connectivity index (χ1) is 16.9. The molecule has 1 unspecified atom stereocenters. The Bertz CT molecular complexity index is 856. The van der Waals surface area contributed by atoms with Crippen molar-refractivity contribution >= 4 is 0 Å². The van der Waals surface area contributed by atoms with E-state index in [-0.39, 0.29) is 29.5 Å².